The summed E-state index contributed by atoms with van der Waals surface area (Å²) in [5, 5.41) is 9.66. The summed E-state index contributed by atoms with van der Waals surface area (Å²) in [6.07, 6.45) is 2.01. The summed E-state index contributed by atoms with van der Waals surface area (Å²) in [6, 6.07) is 4.60. The first kappa shape index (κ1) is 13.4. The van der Waals surface area contributed by atoms with Crippen LogP contribution in [0.2, 0.25) is 0 Å². The van der Waals surface area contributed by atoms with Crippen LogP contribution in [0.4, 0.5) is 0 Å². The number of ether oxygens (including phenoxy) is 2. The molecule has 0 aliphatic carbocycles. The van der Waals surface area contributed by atoms with Crippen LogP contribution in [-0.4, -0.2) is 24.3 Å². The average molecular weight is 238 g/mol. The predicted molar refractivity (Wildman–Crippen MR) is 64.5 cm³/mol. The number of aromatic hydroxyl groups is 1. The molecule has 0 amide bonds. The Morgan fingerprint density at radius 1 is 1.35 bits per heavy atom. The third-order valence-corrected chi connectivity index (χ3v) is 2.23. The van der Waals surface area contributed by atoms with Gasteiger partial charge in [-0.3, -0.25) is 0 Å². The number of phenols is 1. The van der Waals surface area contributed by atoms with Gasteiger partial charge in [-0.1, -0.05) is 13.3 Å². The molecule has 4 nitrogen and oxygen atoms in total. The van der Waals surface area contributed by atoms with E-state index in [-0.39, 0.29) is 17.9 Å². The monoisotopic (exact) mass is 238 g/mol. The van der Waals surface area contributed by atoms with Gasteiger partial charge in [-0.25, -0.2) is 4.79 Å². The van der Waals surface area contributed by atoms with Crippen LogP contribution in [-0.2, 0) is 4.74 Å². The molecule has 1 aromatic rings. The molecule has 1 N–H and O–H groups in total. The standard InChI is InChI=1S/C13H18O4/c1-3-5-8-17-10-6-7-11(12(14)9-10)13(15)16-4-2/h6-7,9,14H,3-5,8H2,1-2H3. The van der Waals surface area contributed by atoms with Gasteiger partial charge in [0.25, 0.3) is 0 Å². The van der Waals surface area contributed by atoms with Crippen molar-refractivity contribution in [1.29, 1.82) is 0 Å². The van der Waals surface area contributed by atoms with Crippen molar-refractivity contribution in [2.75, 3.05) is 13.2 Å². The number of phenolic OH excluding ortho intramolecular Hbond substituents is 1. The molecule has 0 fully saturated rings. The smallest absolute Gasteiger partial charge is 0.341 e. The first-order valence-electron chi connectivity index (χ1n) is 5.82. The van der Waals surface area contributed by atoms with Gasteiger partial charge in [0.05, 0.1) is 13.2 Å². The Labute approximate surface area is 101 Å². The minimum atomic E-state index is -0.523. The SMILES string of the molecule is CCCCOc1ccc(C(=O)OCC)c(O)c1. The molecule has 0 aliphatic rings. The lowest BCUT2D eigenvalue weighted by Crippen LogP contribution is -2.05. The van der Waals surface area contributed by atoms with Gasteiger partial charge in [0.2, 0.25) is 0 Å². The van der Waals surface area contributed by atoms with E-state index in [1.807, 2.05) is 0 Å². The molecule has 0 aromatic heterocycles. The maximum atomic E-state index is 11.4. The second kappa shape index (κ2) is 6.78. The van der Waals surface area contributed by atoms with Crippen molar-refractivity contribution >= 4 is 5.97 Å². The van der Waals surface area contributed by atoms with Crippen LogP contribution in [0.5, 0.6) is 11.5 Å². The Bertz CT molecular complexity index is 374. The van der Waals surface area contributed by atoms with Gasteiger partial charge in [-0.05, 0) is 25.5 Å². The average Bonchev–Trinajstić information content (AvgIpc) is 2.29. The van der Waals surface area contributed by atoms with Crippen LogP contribution in [0.15, 0.2) is 18.2 Å². The summed E-state index contributed by atoms with van der Waals surface area (Å²) in [5.74, 6) is -0.0773. The molecule has 0 saturated heterocycles. The number of hydrogen-bond acceptors (Lipinski definition) is 4. The quantitative estimate of drug-likeness (QED) is 0.611. The zero-order chi connectivity index (χ0) is 12.7. The largest absolute Gasteiger partial charge is 0.507 e. The number of hydrogen-bond donors (Lipinski definition) is 1. The highest BCUT2D eigenvalue weighted by atomic mass is 16.5. The van der Waals surface area contributed by atoms with E-state index >= 15 is 0 Å². The topological polar surface area (TPSA) is 55.8 Å². The second-order valence-electron chi connectivity index (χ2n) is 3.60. The van der Waals surface area contributed by atoms with Crippen molar-refractivity contribution in [3.8, 4) is 11.5 Å². The maximum absolute atomic E-state index is 11.4. The Morgan fingerprint density at radius 2 is 2.12 bits per heavy atom. The molecule has 0 heterocycles. The van der Waals surface area contributed by atoms with E-state index in [9.17, 15) is 9.90 Å². The van der Waals surface area contributed by atoms with Crippen LogP contribution in [0.1, 0.15) is 37.0 Å². The van der Waals surface area contributed by atoms with Gasteiger partial charge in [0.15, 0.2) is 0 Å². The van der Waals surface area contributed by atoms with E-state index in [0.717, 1.165) is 12.8 Å². The normalized spacial score (nSPS) is 10.0. The lowest BCUT2D eigenvalue weighted by atomic mass is 10.2. The minimum Gasteiger partial charge on any atom is -0.507 e. The minimum absolute atomic E-state index is 0.113. The predicted octanol–water partition coefficient (Wildman–Crippen LogP) is 2.75. The number of unbranched alkanes of at least 4 members (excludes halogenated alkanes) is 1. The van der Waals surface area contributed by atoms with Crippen molar-refractivity contribution in [2.24, 2.45) is 0 Å². The summed E-state index contributed by atoms with van der Waals surface area (Å²) < 4.78 is 10.2. The molecule has 1 rings (SSSR count). The van der Waals surface area contributed by atoms with E-state index in [2.05, 4.69) is 6.92 Å². The highest BCUT2D eigenvalue weighted by Gasteiger charge is 2.12. The first-order valence-corrected chi connectivity index (χ1v) is 5.82. The molecule has 94 valence electrons. The van der Waals surface area contributed by atoms with E-state index in [1.54, 1.807) is 13.0 Å². The van der Waals surface area contributed by atoms with E-state index in [4.69, 9.17) is 9.47 Å². The molecule has 17 heavy (non-hydrogen) atoms. The molecule has 0 radical (unpaired) electrons. The third kappa shape index (κ3) is 3.98. The highest BCUT2D eigenvalue weighted by molar-refractivity contribution is 5.92. The van der Waals surface area contributed by atoms with Gasteiger partial charge in [-0.15, -0.1) is 0 Å². The Hall–Kier alpha value is -1.71. The van der Waals surface area contributed by atoms with Crippen molar-refractivity contribution in [3.05, 3.63) is 23.8 Å². The zero-order valence-electron chi connectivity index (χ0n) is 10.2. The van der Waals surface area contributed by atoms with Crippen LogP contribution in [0, 0.1) is 0 Å². The number of carbonyl (C=O) groups excluding carboxylic acids is 1. The Kier molecular flexibility index (Phi) is 5.33. The Morgan fingerprint density at radius 3 is 2.71 bits per heavy atom. The van der Waals surface area contributed by atoms with Crippen LogP contribution < -0.4 is 4.74 Å². The number of benzene rings is 1. The number of carbonyl (C=O) groups is 1. The summed E-state index contributed by atoms with van der Waals surface area (Å²) in [6.45, 7) is 4.68. The van der Waals surface area contributed by atoms with Gasteiger partial charge in [-0.2, -0.15) is 0 Å². The van der Waals surface area contributed by atoms with Gasteiger partial charge in [0.1, 0.15) is 17.1 Å². The van der Waals surface area contributed by atoms with Crippen molar-refractivity contribution in [2.45, 2.75) is 26.7 Å². The molecule has 0 bridgehead atoms. The lowest BCUT2D eigenvalue weighted by Gasteiger charge is -2.08. The second-order valence-corrected chi connectivity index (χ2v) is 3.60. The molecule has 0 spiro atoms. The Balaban J connectivity index is 2.68. The molecule has 0 unspecified atom stereocenters. The van der Waals surface area contributed by atoms with Crippen molar-refractivity contribution < 1.29 is 19.4 Å². The van der Waals surface area contributed by atoms with Gasteiger partial charge >= 0.3 is 5.97 Å². The van der Waals surface area contributed by atoms with Crippen LogP contribution in [0.25, 0.3) is 0 Å². The third-order valence-electron chi connectivity index (χ3n) is 2.23. The lowest BCUT2D eigenvalue weighted by molar-refractivity contribution is 0.0523. The molecule has 1 aromatic carbocycles. The van der Waals surface area contributed by atoms with E-state index in [1.165, 1.54) is 12.1 Å². The van der Waals surface area contributed by atoms with Crippen LogP contribution >= 0.6 is 0 Å². The number of rotatable bonds is 6. The summed E-state index contributed by atoms with van der Waals surface area (Å²) in [7, 11) is 0. The molecule has 0 atom stereocenters. The van der Waals surface area contributed by atoms with E-state index < -0.39 is 5.97 Å². The van der Waals surface area contributed by atoms with Gasteiger partial charge in [0, 0.05) is 6.07 Å². The fourth-order valence-corrected chi connectivity index (χ4v) is 1.32. The zero-order valence-corrected chi connectivity index (χ0v) is 10.2. The highest BCUT2D eigenvalue weighted by Crippen LogP contribution is 2.24. The van der Waals surface area contributed by atoms with Crippen molar-refractivity contribution in [3.63, 3.8) is 0 Å². The maximum Gasteiger partial charge on any atom is 0.341 e. The first-order chi connectivity index (χ1) is 8.19. The van der Waals surface area contributed by atoms with Crippen molar-refractivity contribution in [1.82, 2.24) is 0 Å². The molecule has 4 heteroatoms. The summed E-state index contributed by atoms with van der Waals surface area (Å²) >= 11 is 0. The fourth-order valence-electron chi connectivity index (χ4n) is 1.32. The summed E-state index contributed by atoms with van der Waals surface area (Å²) in [5.41, 5.74) is 0.162. The molecule has 0 aliphatic heterocycles. The fraction of sp³-hybridized carbons (Fsp3) is 0.462. The van der Waals surface area contributed by atoms with E-state index in [0.29, 0.717) is 12.4 Å². The molecule has 0 saturated carbocycles. The van der Waals surface area contributed by atoms with Crippen LogP contribution in [0.3, 0.4) is 0 Å². The van der Waals surface area contributed by atoms with Gasteiger partial charge < -0.3 is 14.6 Å². The summed E-state index contributed by atoms with van der Waals surface area (Å²) in [4.78, 5) is 11.4. The molecular formula is C13H18O4. The number of esters is 1. The molecular weight excluding hydrogens is 220 g/mol.